The number of nitro groups is 1. The molecule has 181 valence electrons. The summed E-state index contributed by atoms with van der Waals surface area (Å²) >= 11 is 0. The number of benzene rings is 2. The summed E-state index contributed by atoms with van der Waals surface area (Å²) in [5, 5.41) is 11.3. The summed E-state index contributed by atoms with van der Waals surface area (Å²) in [6, 6.07) is 6.98. The van der Waals surface area contributed by atoms with E-state index in [0.717, 1.165) is 29.0 Å². The maximum absolute atomic E-state index is 15.0. The number of nitrogens with zero attached hydrogens (tertiary/aromatic N) is 2. The third-order valence-corrected chi connectivity index (χ3v) is 5.75. The van der Waals surface area contributed by atoms with Crippen molar-refractivity contribution in [2.75, 3.05) is 5.01 Å². The molecule has 9 nitrogen and oxygen atoms in total. The van der Waals surface area contributed by atoms with Gasteiger partial charge in [-0.05, 0) is 65.8 Å². The summed E-state index contributed by atoms with van der Waals surface area (Å²) in [6.07, 6.45) is -2.54. The number of hydrazine groups is 1. The smallest absolute Gasteiger partial charge is 0.388 e. The van der Waals surface area contributed by atoms with Gasteiger partial charge in [-0.2, -0.15) is 0 Å². The van der Waals surface area contributed by atoms with Gasteiger partial charge in [0.05, 0.1) is 0 Å². The number of hydrogen-bond donors (Lipinski definition) is 0. The van der Waals surface area contributed by atoms with Gasteiger partial charge in [-0.3, -0.25) is 9.59 Å². The third kappa shape index (κ3) is 5.19. The van der Waals surface area contributed by atoms with Crippen LogP contribution in [-0.4, -0.2) is 32.4 Å². The van der Waals surface area contributed by atoms with Gasteiger partial charge in [0, 0.05) is 11.1 Å². The molecule has 0 atom stereocenters. The van der Waals surface area contributed by atoms with Gasteiger partial charge < -0.3 is 13.9 Å². The molecule has 2 aromatic rings. The van der Waals surface area contributed by atoms with Crippen molar-refractivity contribution in [1.82, 2.24) is 0 Å². The molecule has 0 unspecified atom stereocenters. The second-order valence-corrected chi connectivity index (χ2v) is 11.1. The minimum Gasteiger partial charge on any atom is -0.542 e. The highest BCUT2D eigenvalue weighted by atomic mass is 28.3. The van der Waals surface area contributed by atoms with Crippen LogP contribution in [-0.2, 0) is 24.5 Å². The van der Waals surface area contributed by atoms with Gasteiger partial charge in [0.1, 0.15) is 23.7 Å². The van der Waals surface area contributed by atoms with E-state index in [1.54, 1.807) is 12.1 Å². The number of halogens is 1. The minimum absolute atomic E-state index is 0.103. The predicted molar refractivity (Wildman–Crippen MR) is 123 cm³/mol. The molecule has 1 radical (unpaired) electrons. The SMILES string of the molecule is Cc1c(-c2cc(N(C3OC(=O)CC(=O)O3)[N+](=O)[O-])ccc2F)ccc(O[Si](C)C)c1C(C)(C)C. The summed E-state index contributed by atoms with van der Waals surface area (Å²) in [4.78, 5) is 35.0. The maximum atomic E-state index is 15.0. The Labute approximate surface area is 198 Å². The van der Waals surface area contributed by atoms with Crippen LogP contribution in [0.5, 0.6) is 5.75 Å². The first-order valence-corrected chi connectivity index (χ1v) is 12.9. The quantitative estimate of drug-likeness (QED) is 0.192. The molecule has 34 heavy (non-hydrogen) atoms. The molecule has 0 bridgehead atoms. The van der Waals surface area contributed by atoms with Crippen molar-refractivity contribution in [2.24, 2.45) is 0 Å². The zero-order valence-corrected chi connectivity index (χ0v) is 20.8. The fourth-order valence-electron chi connectivity index (χ4n) is 3.92. The largest absolute Gasteiger partial charge is 0.542 e. The van der Waals surface area contributed by atoms with Crippen LogP contribution >= 0.6 is 0 Å². The van der Waals surface area contributed by atoms with E-state index in [4.69, 9.17) is 13.9 Å². The van der Waals surface area contributed by atoms with Crippen LogP contribution in [0.3, 0.4) is 0 Å². The zero-order valence-electron chi connectivity index (χ0n) is 19.8. The molecule has 0 aliphatic carbocycles. The molecular weight excluding hydrogens is 463 g/mol. The molecule has 2 aromatic carbocycles. The van der Waals surface area contributed by atoms with E-state index in [9.17, 15) is 19.7 Å². The van der Waals surface area contributed by atoms with Crippen LogP contribution in [0.4, 0.5) is 10.1 Å². The molecule has 0 amide bonds. The lowest BCUT2D eigenvalue weighted by Gasteiger charge is -2.28. The molecule has 1 heterocycles. The summed E-state index contributed by atoms with van der Waals surface area (Å²) in [5.74, 6) is -1.79. The van der Waals surface area contributed by atoms with Crippen molar-refractivity contribution in [3.8, 4) is 16.9 Å². The Morgan fingerprint density at radius 3 is 2.26 bits per heavy atom. The highest BCUT2D eigenvalue weighted by Crippen LogP contribution is 2.41. The van der Waals surface area contributed by atoms with Crippen molar-refractivity contribution in [1.29, 1.82) is 0 Å². The maximum Gasteiger partial charge on any atom is 0.388 e. The number of ether oxygens (including phenoxy) is 2. The number of cyclic esters (lactones) is 2. The Kier molecular flexibility index (Phi) is 6.96. The van der Waals surface area contributed by atoms with Crippen molar-refractivity contribution in [3.05, 3.63) is 57.4 Å². The second-order valence-electron chi connectivity index (χ2n) is 9.08. The van der Waals surface area contributed by atoms with E-state index in [1.807, 2.05) is 40.8 Å². The first kappa shape index (κ1) is 25.2. The number of carbonyl (C=O) groups excluding carboxylic acids is 2. The summed E-state index contributed by atoms with van der Waals surface area (Å²) in [5.41, 5.74) is 1.86. The Balaban J connectivity index is 2.14. The van der Waals surface area contributed by atoms with Gasteiger partial charge in [0.25, 0.3) is 9.04 Å². The molecule has 1 aliphatic heterocycles. The van der Waals surface area contributed by atoms with E-state index in [2.05, 4.69) is 0 Å². The molecule has 0 saturated carbocycles. The summed E-state index contributed by atoms with van der Waals surface area (Å²) in [7, 11) is -1.06. The number of carbonyl (C=O) groups is 2. The molecule has 1 fully saturated rings. The van der Waals surface area contributed by atoms with Gasteiger partial charge in [-0.15, -0.1) is 0 Å². The van der Waals surface area contributed by atoms with E-state index in [0.29, 0.717) is 10.6 Å². The highest BCUT2D eigenvalue weighted by Gasteiger charge is 2.40. The van der Waals surface area contributed by atoms with Crippen LogP contribution in [0.15, 0.2) is 30.3 Å². The highest BCUT2D eigenvalue weighted by molar-refractivity contribution is 6.49. The predicted octanol–water partition coefficient (Wildman–Crippen LogP) is 4.50. The average Bonchev–Trinajstić information content (AvgIpc) is 2.67. The number of esters is 2. The average molecular weight is 490 g/mol. The van der Waals surface area contributed by atoms with Crippen LogP contribution in [0.25, 0.3) is 11.1 Å². The fraction of sp³-hybridized carbons (Fsp3) is 0.391. The third-order valence-electron chi connectivity index (χ3n) is 5.12. The van der Waals surface area contributed by atoms with E-state index < -0.39 is 44.7 Å². The van der Waals surface area contributed by atoms with Crippen LogP contribution < -0.4 is 9.43 Å². The van der Waals surface area contributed by atoms with Gasteiger partial charge in [-0.1, -0.05) is 26.8 Å². The monoisotopic (exact) mass is 489 g/mol. The first-order valence-electron chi connectivity index (χ1n) is 10.5. The van der Waals surface area contributed by atoms with Crippen LogP contribution in [0.2, 0.25) is 13.1 Å². The van der Waals surface area contributed by atoms with Crippen molar-refractivity contribution < 1.29 is 32.9 Å². The molecule has 3 rings (SSSR count). The normalized spacial score (nSPS) is 14.6. The van der Waals surface area contributed by atoms with Gasteiger partial charge in [0.2, 0.25) is 0 Å². The Morgan fingerprint density at radius 1 is 1.12 bits per heavy atom. The molecule has 0 N–H and O–H groups in total. The number of rotatable bonds is 6. The zero-order chi connectivity index (χ0) is 25.4. The molecule has 1 saturated heterocycles. The first-order chi connectivity index (χ1) is 15.8. The molecular formula is C23H26FN2O7Si. The second kappa shape index (κ2) is 9.41. The number of hydrogen-bond acceptors (Lipinski definition) is 7. The van der Waals surface area contributed by atoms with Gasteiger partial charge >= 0.3 is 18.4 Å². The van der Waals surface area contributed by atoms with E-state index in [1.165, 1.54) is 6.07 Å². The lowest BCUT2D eigenvalue weighted by molar-refractivity contribution is -0.519. The van der Waals surface area contributed by atoms with Crippen LogP contribution in [0.1, 0.15) is 38.3 Å². The van der Waals surface area contributed by atoms with E-state index >= 15 is 4.39 Å². The van der Waals surface area contributed by atoms with Crippen molar-refractivity contribution in [3.63, 3.8) is 0 Å². The molecule has 1 aliphatic rings. The Morgan fingerprint density at radius 2 is 1.74 bits per heavy atom. The topological polar surface area (TPSA) is 108 Å². The van der Waals surface area contributed by atoms with E-state index in [-0.39, 0.29) is 16.7 Å². The minimum atomic E-state index is -1.90. The standard InChI is InChI=1S/C23H26FN2O7Si/c1-13-15(8-10-18(33-34(5)6)21(13)23(2,3)4)16-11-14(7-9-17(16)24)25(26(29)30)22-31-19(27)12-20(28)32-22/h7-11,22H,12H2,1-6H3. The van der Waals surface area contributed by atoms with Gasteiger partial charge in [-0.25, -0.2) is 14.5 Å². The summed E-state index contributed by atoms with van der Waals surface area (Å²) < 4.78 is 30.8. The molecule has 0 spiro atoms. The Hall–Kier alpha value is -3.47. The van der Waals surface area contributed by atoms with Gasteiger partial charge in [0.15, 0.2) is 5.03 Å². The number of anilines is 1. The molecule has 11 heteroatoms. The lowest BCUT2D eigenvalue weighted by atomic mass is 9.80. The van der Waals surface area contributed by atoms with Crippen molar-refractivity contribution in [2.45, 2.75) is 59.0 Å². The van der Waals surface area contributed by atoms with Crippen molar-refractivity contribution >= 4 is 26.7 Å². The summed E-state index contributed by atoms with van der Waals surface area (Å²) in [6.45, 7) is 12.0. The molecule has 0 aromatic heterocycles. The Bertz CT molecular complexity index is 1130. The fourth-order valence-corrected chi connectivity index (χ4v) is 4.53. The lowest BCUT2D eigenvalue weighted by Crippen LogP contribution is -2.48. The van der Waals surface area contributed by atoms with Crippen LogP contribution in [0, 0.1) is 22.9 Å².